The van der Waals surface area contributed by atoms with E-state index < -0.39 is 29.5 Å². The van der Waals surface area contributed by atoms with Crippen molar-refractivity contribution in [2.75, 3.05) is 18.2 Å². The summed E-state index contributed by atoms with van der Waals surface area (Å²) >= 11 is 5.94. The van der Waals surface area contributed by atoms with E-state index in [1.165, 1.54) is 0 Å². The van der Waals surface area contributed by atoms with Gasteiger partial charge in [-0.15, -0.1) is 0 Å². The molecular weight excluding hydrogens is 430 g/mol. The third kappa shape index (κ3) is 5.71. The normalized spacial score (nSPS) is 16.9. The first-order valence-corrected chi connectivity index (χ1v) is 10.2. The number of rotatable bonds is 9. The average molecular weight is 453 g/mol. The Morgan fingerprint density at radius 2 is 1.94 bits per heavy atom. The van der Waals surface area contributed by atoms with E-state index in [2.05, 4.69) is 5.10 Å². The molecule has 2 aromatic rings. The number of carboxylic acids is 1. The van der Waals surface area contributed by atoms with Crippen LogP contribution < -0.4 is 9.75 Å². The zero-order valence-electron chi connectivity index (χ0n) is 17.1. The van der Waals surface area contributed by atoms with Gasteiger partial charge in [0.2, 0.25) is 0 Å². The molecule has 2 atom stereocenters. The van der Waals surface area contributed by atoms with E-state index in [1.807, 2.05) is 19.1 Å². The molecule has 9 heteroatoms. The zero-order chi connectivity index (χ0) is 22.5. The second kappa shape index (κ2) is 10.1. The topological polar surface area (TPSA) is 71.4 Å². The number of carboxylic acid groups (broad SMARTS) is 1. The Labute approximate surface area is 184 Å². The van der Waals surface area contributed by atoms with E-state index in [1.54, 1.807) is 24.1 Å². The minimum atomic E-state index is -1.19. The minimum absolute atomic E-state index is 0.00729. The number of hydrogen-bond acceptors (Lipinski definition) is 5. The molecule has 2 unspecified atom stereocenters. The lowest BCUT2D eigenvalue weighted by molar-refractivity contribution is -0.149. The molecule has 0 radical (unpaired) electrons. The number of carbonyl (C=O) groups is 1. The Bertz CT molecular complexity index is 945. The summed E-state index contributed by atoms with van der Waals surface area (Å²) in [6.45, 7) is 3.70. The Balaban J connectivity index is 1.71. The maximum absolute atomic E-state index is 14.6. The number of ether oxygens (including phenoxy) is 2. The van der Waals surface area contributed by atoms with Crippen molar-refractivity contribution < 1.29 is 28.2 Å². The molecule has 0 fully saturated rings. The molecule has 1 heterocycles. The molecular formula is C22H23ClF2N2O4. The van der Waals surface area contributed by atoms with Crippen molar-refractivity contribution in [3.8, 4) is 5.75 Å². The van der Waals surface area contributed by atoms with Crippen LogP contribution in [0.3, 0.4) is 0 Å². The molecule has 6 nitrogen and oxygen atoms in total. The quantitative estimate of drug-likeness (QED) is 0.598. The molecule has 1 aliphatic rings. The third-order valence-electron chi connectivity index (χ3n) is 4.79. The standard InChI is InChI=1S/C22H23ClF2N2O4/c1-3-30-20(22(28)29)11-14-9-18(24)21(19(25)10-14)31-12-17-8-13(2)26-27(17)16-6-4-15(23)5-7-16/h4-7,9-10,17,20H,3,8,11-12H2,1-2H3,(H,28,29). The summed E-state index contributed by atoms with van der Waals surface area (Å²) in [7, 11) is 0. The zero-order valence-corrected chi connectivity index (χ0v) is 17.9. The van der Waals surface area contributed by atoms with Gasteiger partial charge in [0.1, 0.15) is 6.61 Å². The van der Waals surface area contributed by atoms with E-state index in [-0.39, 0.29) is 31.2 Å². The predicted octanol–water partition coefficient (Wildman–Crippen LogP) is 4.68. The number of aliphatic carboxylic acids is 1. The van der Waals surface area contributed by atoms with Gasteiger partial charge in [0.15, 0.2) is 23.5 Å². The van der Waals surface area contributed by atoms with E-state index >= 15 is 0 Å². The monoisotopic (exact) mass is 452 g/mol. The lowest BCUT2D eigenvalue weighted by Crippen LogP contribution is -2.32. The van der Waals surface area contributed by atoms with Gasteiger partial charge in [-0.3, -0.25) is 5.01 Å². The number of halogens is 3. The highest BCUT2D eigenvalue weighted by atomic mass is 35.5. The van der Waals surface area contributed by atoms with Gasteiger partial charge >= 0.3 is 5.97 Å². The van der Waals surface area contributed by atoms with Crippen molar-refractivity contribution in [3.05, 3.63) is 58.6 Å². The largest absolute Gasteiger partial charge is 0.485 e. The minimum Gasteiger partial charge on any atom is -0.485 e. The number of benzene rings is 2. The molecule has 31 heavy (non-hydrogen) atoms. The average Bonchev–Trinajstić information content (AvgIpc) is 3.08. The van der Waals surface area contributed by atoms with Crippen molar-refractivity contribution in [1.29, 1.82) is 0 Å². The van der Waals surface area contributed by atoms with Gasteiger partial charge in [0.05, 0.1) is 11.7 Å². The highest BCUT2D eigenvalue weighted by Crippen LogP contribution is 2.29. The van der Waals surface area contributed by atoms with Crippen LogP contribution in [0.2, 0.25) is 5.02 Å². The highest BCUT2D eigenvalue weighted by molar-refractivity contribution is 6.30. The van der Waals surface area contributed by atoms with Crippen molar-refractivity contribution in [2.45, 2.75) is 38.8 Å². The van der Waals surface area contributed by atoms with Gasteiger partial charge in [0.25, 0.3) is 0 Å². The molecule has 1 N–H and O–H groups in total. The summed E-state index contributed by atoms with van der Waals surface area (Å²) in [5.74, 6) is -3.50. The van der Waals surface area contributed by atoms with Gasteiger partial charge in [-0.25, -0.2) is 13.6 Å². The molecule has 3 rings (SSSR count). The summed E-state index contributed by atoms with van der Waals surface area (Å²) in [6.07, 6.45) is -0.752. The van der Waals surface area contributed by atoms with Gasteiger partial charge in [-0.05, 0) is 55.8 Å². The SMILES string of the molecule is CCOC(Cc1cc(F)c(OCC2CC(C)=NN2c2ccc(Cl)cc2)c(F)c1)C(=O)O. The first kappa shape index (κ1) is 23.0. The van der Waals surface area contributed by atoms with Gasteiger partial charge < -0.3 is 14.6 Å². The first-order valence-electron chi connectivity index (χ1n) is 9.82. The van der Waals surface area contributed by atoms with Crippen molar-refractivity contribution in [2.24, 2.45) is 5.10 Å². The fraction of sp³-hybridized carbons (Fsp3) is 0.364. The molecule has 2 aromatic carbocycles. The van der Waals surface area contributed by atoms with E-state index in [9.17, 15) is 13.6 Å². The molecule has 166 valence electrons. The molecule has 0 bridgehead atoms. The van der Waals surface area contributed by atoms with E-state index in [0.29, 0.717) is 11.4 Å². The molecule has 0 saturated carbocycles. The van der Waals surface area contributed by atoms with Gasteiger partial charge in [0, 0.05) is 30.2 Å². The number of hydrogen-bond donors (Lipinski definition) is 1. The summed E-state index contributed by atoms with van der Waals surface area (Å²) < 4.78 is 39.7. The summed E-state index contributed by atoms with van der Waals surface area (Å²) in [5.41, 5.74) is 1.84. The van der Waals surface area contributed by atoms with Gasteiger partial charge in [-0.2, -0.15) is 5.10 Å². The first-order chi connectivity index (χ1) is 14.8. The maximum Gasteiger partial charge on any atom is 0.333 e. The van der Waals surface area contributed by atoms with Crippen molar-refractivity contribution in [1.82, 2.24) is 0 Å². The molecule has 1 aliphatic heterocycles. The fourth-order valence-electron chi connectivity index (χ4n) is 3.41. The van der Waals surface area contributed by atoms with Crippen LogP contribution in [-0.2, 0) is 16.0 Å². The van der Waals surface area contributed by atoms with Crippen LogP contribution in [0.1, 0.15) is 25.8 Å². The smallest absolute Gasteiger partial charge is 0.333 e. The fourth-order valence-corrected chi connectivity index (χ4v) is 3.53. The predicted molar refractivity (Wildman–Crippen MR) is 114 cm³/mol. The number of anilines is 1. The summed E-state index contributed by atoms with van der Waals surface area (Å²) in [6, 6.07) is 9.00. The highest BCUT2D eigenvalue weighted by Gasteiger charge is 2.28. The summed E-state index contributed by atoms with van der Waals surface area (Å²) in [4.78, 5) is 11.2. The molecule has 0 aliphatic carbocycles. The maximum atomic E-state index is 14.6. The molecule has 0 spiro atoms. The number of hydrazone groups is 1. The van der Waals surface area contributed by atoms with Crippen molar-refractivity contribution in [3.63, 3.8) is 0 Å². The second-order valence-corrected chi connectivity index (χ2v) is 7.64. The number of nitrogens with zero attached hydrogens (tertiary/aromatic N) is 2. The second-order valence-electron chi connectivity index (χ2n) is 7.20. The van der Waals surface area contributed by atoms with Crippen molar-refractivity contribution >= 4 is 29.0 Å². The lowest BCUT2D eigenvalue weighted by Gasteiger charge is -2.24. The Kier molecular flexibility index (Phi) is 7.46. The molecule has 0 amide bonds. The third-order valence-corrected chi connectivity index (χ3v) is 5.04. The molecule has 0 aromatic heterocycles. The van der Waals surface area contributed by atoms with Crippen LogP contribution in [0.25, 0.3) is 0 Å². The van der Waals surface area contributed by atoms with Crippen LogP contribution >= 0.6 is 11.6 Å². The van der Waals surface area contributed by atoms with Gasteiger partial charge in [-0.1, -0.05) is 11.6 Å². The van der Waals surface area contributed by atoms with E-state index in [0.717, 1.165) is 23.5 Å². The Hall–Kier alpha value is -2.71. The molecule has 0 saturated heterocycles. The van der Waals surface area contributed by atoms with Crippen LogP contribution in [0, 0.1) is 11.6 Å². The van der Waals surface area contributed by atoms with Crippen LogP contribution in [-0.4, -0.2) is 42.1 Å². The van der Waals surface area contributed by atoms with Crippen LogP contribution in [0.4, 0.5) is 14.5 Å². The van der Waals surface area contributed by atoms with Crippen LogP contribution in [0.5, 0.6) is 5.75 Å². The summed E-state index contributed by atoms with van der Waals surface area (Å²) in [5, 5.41) is 16.0. The lowest BCUT2D eigenvalue weighted by atomic mass is 10.1. The van der Waals surface area contributed by atoms with E-state index in [4.69, 9.17) is 26.2 Å². The Morgan fingerprint density at radius 3 is 2.52 bits per heavy atom. The van der Waals surface area contributed by atoms with Crippen LogP contribution in [0.15, 0.2) is 41.5 Å². The Morgan fingerprint density at radius 1 is 1.29 bits per heavy atom.